The van der Waals surface area contributed by atoms with Crippen LogP contribution < -0.4 is 10.0 Å². The van der Waals surface area contributed by atoms with Crippen LogP contribution in [-0.4, -0.2) is 20.4 Å². The molecule has 0 aliphatic carbocycles. The Morgan fingerprint density at radius 1 is 1.30 bits per heavy atom. The van der Waals surface area contributed by atoms with Gasteiger partial charge in [-0.25, -0.2) is 8.42 Å². The first kappa shape index (κ1) is 14.5. The molecule has 0 bridgehead atoms. The van der Waals surface area contributed by atoms with E-state index in [1.54, 1.807) is 26.1 Å². The Labute approximate surface area is 118 Å². The van der Waals surface area contributed by atoms with Crippen LogP contribution in [0.5, 0.6) is 0 Å². The first-order chi connectivity index (χ1) is 9.42. The van der Waals surface area contributed by atoms with E-state index in [1.807, 2.05) is 6.92 Å². The van der Waals surface area contributed by atoms with Crippen LogP contribution in [0.1, 0.15) is 17.2 Å². The zero-order valence-electron chi connectivity index (χ0n) is 11.6. The fraction of sp³-hybridized carbons (Fsp3) is 0.308. The van der Waals surface area contributed by atoms with Crippen molar-refractivity contribution in [3.05, 3.63) is 41.6 Å². The maximum absolute atomic E-state index is 12.3. The largest absolute Gasteiger partial charge is 0.464 e. The maximum Gasteiger partial charge on any atom is 0.265 e. The number of nitrogens with zero attached hydrogens (tertiary/aromatic N) is 1. The average molecular weight is 295 g/mol. The molecule has 0 spiro atoms. The van der Waals surface area contributed by atoms with Gasteiger partial charge in [0.2, 0.25) is 0 Å². The van der Waals surface area contributed by atoms with E-state index < -0.39 is 10.0 Å². The molecule has 0 amide bonds. The molecular weight excluding hydrogens is 278 g/mol. The molecule has 2 heterocycles. The molecule has 7 heteroatoms. The summed E-state index contributed by atoms with van der Waals surface area (Å²) < 4.78 is 32.5. The summed E-state index contributed by atoms with van der Waals surface area (Å²) in [5, 5.41) is 2.91. The summed E-state index contributed by atoms with van der Waals surface area (Å²) >= 11 is 0. The molecule has 0 atom stereocenters. The summed E-state index contributed by atoms with van der Waals surface area (Å²) in [7, 11) is -1.90. The summed E-state index contributed by atoms with van der Waals surface area (Å²) in [5.41, 5.74) is 1.25. The molecule has 2 N–H and O–H groups in total. The highest BCUT2D eigenvalue weighted by Crippen LogP contribution is 2.22. The van der Waals surface area contributed by atoms with Gasteiger partial charge in [-0.15, -0.1) is 0 Å². The molecule has 0 unspecified atom stereocenters. The van der Waals surface area contributed by atoms with Gasteiger partial charge in [-0.3, -0.25) is 9.71 Å². The first-order valence-electron chi connectivity index (χ1n) is 6.12. The van der Waals surface area contributed by atoms with Crippen LogP contribution in [-0.2, 0) is 16.6 Å². The predicted molar refractivity (Wildman–Crippen MR) is 76.0 cm³/mol. The van der Waals surface area contributed by atoms with Gasteiger partial charge in [0.05, 0.1) is 18.4 Å². The van der Waals surface area contributed by atoms with Crippen LogP contribution in [0.2, 0.25) is 0 Å². The summed E-state index contributed by atoms with van der Waals surface area (Å²) in [6.07, 6.45) is 1.48. The number of furan rings is 1. The maximum atomic E-state index is 12.3. The Balaban J connectivity index is 2.28. The molecule has 0 fully saturated rings. The molecule has 20 heavy (non-hydrogen) atoms. The summed E-state index contributed by atoms with van der Waals surface area (Å²) in [4.78, 5) is 4.20. The van der Waals surface area contributed by atoms with Crippen LogP contribution in [0.4, 0.5) is 5.69 Å². The number of aromatic nitrogens is 1. The number of nitrogens with one attached hydrogen (secondary N) is 2. The smallest absolute Gasteiger partial charge is 0.265 e. The minimum Gasteiger partial charge on any atom is -0.464 e. The lowest BCUT2D eigenvalue weighted by atomic mass is 10.4. The Morgan fingerprint density at radius 2 is 2.05 bits per heavy atom. The van der Waals surface area contributed by atoms with Gasteiger partial charge in [-0.2, -0.15) is 0 Å². The third-order valence-corrected chi connectivity index (χ3v) is 4.22. The second kappa shape index (κ2) is 5.64. The number of aryl methyl sites for hydroxylation is 2. The van der Waals surface area contributed by atoms with Crippen molar-refractivity contribution in [3.63, 3.8) is 0 Å². The normalized spacial score (nSPS) is 11.6. The number of hydrogen-bond acceptors (Lipinski definition) is 5. The third kappa shape index (κ3) is 3.17. The molecule has 0 aliphatic heterocycles. The standard InChI is InChI=1S/C13H17N3O3S/c1-9-4-5-11(7-15-9)16-20(17,18)13-6-12(8-14-3)19-10(13)2/h4-7,14,16H,8H2,1-3H3. The van der Waals surface area contributed by atoms with Crippen molar-refractivity contribution >= 4 is 15.7 Å². The lowest BCUT2D eigenvalue weighted by Crippen LogP contribution is -2.13. The predicted octanol–water partition coefficient (Wildman–Crippen LogP) is 1.81. The minimum absolute atomic E-state index is 0.142. The van der Waals surface area contributed by atoms with Gasteiger partial charge in [0.1, 0.15) is 16.4 Å². The lowest BCUT2D eigenvalue weighted by molar-refractivity contribution is 0.466. The fourth-order valence-electron chi connectivity index (χ4n) is 1.79. The topological polar surface area (TPSA) is 84.2 Å². The van der Waals surface area contributed by atoms with E-state index in [0.717, 1.165) is 5.69 Å². The van der Waals surface area contributed by atoms with Crippen molar-refractivity contribution in [1.29, 1.82) is 0 Å². The molecule has 6 nitrogen and oxygen atoms in total. The molecule has 0 saturated carbocycles. The Hall–Kier alpha value is -1.86. The Kier molecular flexibility index (Phi) is 4.10. The number of hydrogen-bond donors (Lipinski definition) is 2. The monoisotopic (exact) mass is 295 g/mol. The summed E-state index contributed by atoms with van der Waals surface area (Å²) in [6, 6.07) is 4.94. The van der Waals surface area contributed by atoms with Gasteiger partial charge in [0.15, 0.2) is 0 Å². The Bertz CT molecular complexity index is 690. The van der Waals surface area contributed by atoms with E-state index >= 15 is 0 Å². The van der Waals surface area contributed by atoms with E-state index in [1.165, 1.54) is 12.3 Å². The van der Waals surface area contributed by atoms with E-state index in [0.29, 0.717) is 23.8 Å². The van der Waals surface area contributed by atoms with Crippen molar-refractivity contribution in [2.45, 2.75) is 25.3 Å². The molecular formula is C13H17N3O3S. The van der Waals surface area contributed by atoms with Crippen LogP contribution in [0.25, 0.3) is 0 Å². The van der Waals surface area contributed by atoms with Gasteiger partial charge in [0, 0.05) is 11.8 Å². The van der Waals surface area contributed by atoms with Crippen LogP contribution in [0.3, 0.4) is 0 Å². The van der Waals surface area contributed by atoms with E-state index in [2.05, 4.69) is 15.0 Å². The summed E-state index contributed by atoms with van der Waals surface area (Å²) in [5.74, 6) is 0.940. The highest BCUT2D eigenvalue weighted by atomic mass is 32.2. The molecule has 2 rings (SSSR count). The fourth-order valence-corrected chi connectivity index (χ4v) is 3.04. The third-order valence-electron chi connectivity index (χ3n) is 2.73. The molecule has 2 aromatic rings. The molecule has 108 valence electrons. The lowest BCUT2D eigenvalue weighted by Gasteiger charge is -2.06. The van der Waals surface area contributed by atoms with Crippen LogP contribution in [0.15, 0.2) is 33.7 Å². The van der Waals surface area contributed by atoms with Crippen LogP contribution >= 0.6 is 0 Å². The van der Waals surface area contributed by atoms with Crippen molar-refractivity contribution in [1.82, 2.24) is 10.3 Å². The zero-order chi connectivity index (χ0) is 14.8. The van der Waals surface area contributed by atoms with Gasteiger partial charge < -0.3 is 9.73 Å². The SMILES string of the molecule is CNCc1cc(S(=O)(=O)Nc2ccc(C)nc2)c(C)o1. The van der Waals surface area contributed by atoms with Gasteiger partial charge in [-0.1, -0.05) is 0 Å². The van der Waals surface area contributed by atoms with Gasteiger partial charge in [-0.05, 0) is 33.0 Å². The van der Waals surface area contributed by atoms with Crippen molar-refractivity contribution < 1.29 is 12.8 Å². The summed E-state index contributed by atoms with van der Waals surface area (Å²) in [6.45, 7) is 3.94. The highest BCUT2D eigenvalue weighted by molar-refractivity contribution is 7.92. The van der Waals surface area contributed by atoms with Crippen molar-refractivity contribution in [2.75, 3.05) is 11.8 Å². The second-order valence-electron chi connectivity index (χ2n) is 4.46. The number of rotatable bonds is 5. The van der Waals surface area contributed by atoms with Gasteiger partial charge >= 0.3 is 0 Å². The van der Waals surface area contributed by atoms with E-state index in [-0.39, 0.29) is 4.90 Å². The number of sulfonamides is 1. The van der Waals surface area contributed by atoms with Gasteiger partial charge in [0.25, 0.3) is 10.0 Å². The number of pyridine rings is 1. The average Bonchev–Trinajstić information content (AvgIpc) is 2.74. The van der Waals surface area contributed by atoms with E-state index in [4.69, 9.17) is 4.42 Å². The number of anilines is 1. The Morgan fingerprint density at radius 3 is 2.65 bits per heavy atom. The van der Waals surface area contributed by atoms with E-state index in [9.17, 15) is 8.42 Å². The zero-order valence-corrected chi connectivity index (χ0v) is 12.4. The molecule has 0 radical (unpaired) electrons. The first-order valence-corrected chi connectivity index (χ1v) is 7.60. The van der Waals surface area contributed by atoms with Crippen molar-refractivity contribution in [3.8, 4) is 0 Å². The second-order valence-corrected chi connectivity index (χ2v) is 6.11. The van der Waals surface area contributed by atoms with Crippen molar-refractivity contribution in [2.24, 2.45) is 0 Å². The highest BCUT2D eigenvalue weighted by Gasteiger charge is 2.21. The molecule has 0 aliphatic rings. The molecule has 0 saturated heterocycles. The minimum atomic E-state index is -3.67. The molecule has 2 aromatic heterocycles. The molecule has 0 aromatic carbocycles. The van der Waals surface area contributed by atoms with Crippen LogP contribution in [0, 0.1) is 13.8 Å². The quantitative estimate of drug-likeness (QED) is 0.879.